The number of nitrogens with one attached hydrogen (secondary N) is 1. The minimum absolute atomic E-state index is 0.0648. The van der Waals surface area contributed by atoms with Crippen molar-refractivity contribution in [3.05, 3.63) is 48.5 Å². The molecule has 32 heavy (non-hydrogen) atoms. The summed E-state index contributed by atoms with van der Waals surface area (Å²) >= 11 is 0. The molecule has 1 aromatic carbocycles. The maximum Gasteiger partial charge on any atom is 0.220 e. The van der Waals surface area contributed by atoms with Crippen LogP contribution < -0.4 is 5.32 Å². The van der Waals surface area contributed by atoms with Crippen molar-refractivity contribution in [2.45, 2.75) is 62.6 Å². The Kier molecular flexibility index (Phi) is 7.89. The summed E-state index contributed by atoms with van der Waals surface area (Å²) in [6, 6.07) is 10.6. The van der Waals surface area contributed by atoms with E-state index in [0.29, 0.717) is 19.5 Å². The van der Waals surface area contributed by atoms with E-state index in [9.17, 15) is 9.90 Å². The van der Waals surface area contributed by atoms with Crippen LogP contribution in [-0.4, -0.2) is 75.7 Å². The first-order valence-electron chi connectivity index (χ1n) is 11.8. The van der Waals surface area contributed by atoms with Crippen molar-refractivity contribution in [1.29, 1.82) is 0 Å². The normalized spacial score (nSPS) is 27.0. The van der Waals surface area contributed by atoms with Gasteiger partial charge in [0.1, 0.15) is 12.7 Å². The molecule has 8 nitrogen and oxygen atoms in total. The van der Waals surface area contributed by atoms with Crippen LogP contribution in [0.2, 0.25) is 0 Å². The summed E-state index contributed by atoms with van der Waals surface area (Å²) in [6.07, 6.45) is 7.47. The molecule has 2 aliphatic rings. The minimum Gasteiger partial charge on any atom is -0.391 e. The molecule has 1 saturated heterocycles. The zero-order valence-electron chi connectivity index (χ0n) is 18.7. The molecule has 0 radical (unpaired) electrons. The molecule has 1 aliphatic heterocycles. The minimum atomic E-state index is -0.350. The number of carbonyl (C=O) groups excluding carboxylic acids is 1. The summed E-state index contributed by atoms with van der Waals surface area (Å²) in [5.41, 5.74) is 1.09. The first-order valence-corrected chi connectivity index (χ1v) is 11.8. The summed E-state index contributed by atoms with van der Waals surface area (Å²) in [4.78, 5) is 18.9. The number of aliphatic hydroxyl groups excluding tert-OH is 1. The number of morpholine rings is 1. The van der Waals surface area contributed by atoms with Crippen molar-refractivity contribution in [2.24, 2.45) is 0 Å². The summed E-state index contributed by atoms with van der Waals surface area (Å²) in [7, 11) is 0. The van der Waals surface area contributed by atoms with Crippen LogP contribution in [0.1, 0.15) is 44.1 Å². The summed E-state index contributed by atoms with van der Waals surface area (Å²) in [5, 5.41) is 18.3. The fourth-order valence-electron chi connectivity index (χ4n) is 5.16. The van der Waals surface area contributed by atoms with E-state index in [-0.39, 0.29) is 23.5 Å². The van der Waals surface area contributed by atoms with Crippen molar-refractivity contribution >= 4 is 5.91 Å². The zero-order chi connectivity index (χ0) is 22.2. The largest absolute Gasteiger partial charge is 0.391 e. The molecule has 1 aliphatic carbocycles. The van der Waals surface area contributed by atoms with Crippen LogP contribution in [0, 0.1) is 0 Å². The first kappa shape index (κ1) is 22.9. The molecular weight excluding hydrogens is 406 g/mol. The number of hydrogen-bond donors (Lipinski definition) is 2. The molecule has 0 bridgehead atoms. The average Bonchev–Trinajstić information content (AvgIpc) is 3.29. The number of amides is 1. The van der Waals surface area contributed by atoms with E-state index < -0.39 is 0 Å². The molecule has 1 amide bonds. The third kappa shape index (κ3) is 5.74. The number of nitrogens with zero attached hydrogens (tertiary/aromatic N) is 4. The van der Waals surface area contributed by atoms with Crippen LogP contribution in [0.5, 0.6) is 0 Å². The number of aliphatic hydroxyl groups is 1. The van der Waals surface area contributed by atoms with Crippen LogP contribution in [0.4, 0.5) is 0 Å². The lowest BCUT2D eigenvalue weighted by molar-refractivity contribution is -0.121. The SMILES string of the molecule is O=C(CCCn1cncn1)NC[C@]1(c2ccccc2)CC[C@@H](O)[C@H](N2CCOCC2)CC1. The third-order valence-corrected chi connectivity index (χ3v) is 7.06. The molecule has 2 fully saturated rings. The highest BCUT2D eigenvalue weighted by atomic mass is 16.5. The van der Waals surface area contributed by atoms with Gasteiger partial charge in [0.05, 0.1) is 19.3 Å². The smallest absolute Gasteiger partial charge is 0.220 e. The Morgan fingerprint density at radius 3 is 2.72 bits per heavy atom. The summed E-state index contributed by atoms with van der Waals surface area (Å²) < 4.78 is 7.26. The number of carbonyl (C=O) groups is 1. The molecule has 8 heteroatoms. The summed E-state index contributed by atoms with van der Waals surface area (Å²) in [5.74, 6) is 0.0648. The van der Waals surface area contributed by atoms with E-state index in [1.54, 1.807) is 11.0 Å². The lowest BCUT2D eigenvalue weighted by Gasteiger charge is -2.37. The van der Waals surface area contributed by atoms with Gasteiger partial charge in [0.15, 0.2) is 0 Å². The maximum atomic E-state index is 12.6. The highest BCUT2D eigenvalue weighted by molar-refractivity contribution is 5.76. The molecule has 4 rings (SSSR count). The number of rotatable bonds is 8. The lowest BCUT2D eigenvalue weighted by Crippen LogP contribution is -2.48. The quantitative estimate of drug-likeness (QED) is 0.607. The second-order valence-corrected chi connectivity index (χ2v) is 9.05. The highest BCUT2D eigenvalue weighted by Crippen LogP contribution is 2.39. The number of benzene rings is 1. The molecule has 1 aromatic heterocycles. The molecule has 2 N–H and O–H groups in total. The van der Waals surface area contributed by atoms with E-state index in [0.717, 1.165) is 58.4 Å². The van der Waals surface area contributed by atoms with Crippen molar-refractivity contribution in [2.75, 3.05) is 32.8 Å². The van der Waals surface area contributed by atoms with Gasteiger partial charge in [0.2, 0.25) is 5.91 Å². The Morgan fingerprint density at radius 1 is 1.19 bits per heavy atom. The topological polar surface area (TPSA) is 92.5 Å². The van der Waals surface area contributed by atoms with Gasteiger partial charge in [-0.1, -0.05) is 30.3 Å². The number of aryl methyl sites for hydroxylation is 1. The van der Waals surface area contributed by atoms with Crippen molar-refractivity contribution in [3.8, 4) is 0 Å². The Labute approximate surface area is 190 Å². The maximum absolute atomic E-state index is 12.6. The van der Waals surface area contributed by atoms with E-state index in [1.807, 2.05) is 6.07 Å². The van der Waals surface area contributed by atoms with Gasteiger partial charge < -0.3 is 15.2 Å². The molecule has 0 spiro atoms. The molecule has 1 saturated carbocycles. The molecule has 2 aromatic rings. The van der Waals surface area contributed by atoms with Crippen molar-refractivity contribution in [3.63, 3.8) is 0 Å². The van der Waals surface area contributed by atoms with Crippen LogP contribution in [0.25, 0.3) is 0 Å². The number of ether oxygens (including phenoxy) is 1. The molecule has 2 heterocycles. The fourth-order valence-corrected chi connectivity index (χ4v) is 5.16. The van der Waals surface area contributed by atoms with Gasteiger partial charge in [-0.05, 0) is 37.7 Å². The molecule has 0 unspecified atom stereocenters. The Bertz CT molecular complexity index is 825. The lowest BCUT2D eigenvalue weighted by atomic mass is 9.74. The van der Waals surface area contributed by atoms with Crippen molar-refractivity contribution in [1.82, 2.24) is 25.0 Å². The molecular formula is C24H35N5O3. The van der Waals surface area contributed by atoms with Crippen LogP contribution in [0.3, 0.4) is 0 Å². The molecule has 174 valence electrons. The van der Waals surface area contributed by atoms with Gasteiger partial charge in [0, 0.05) is 44.1 Å². The Balaban J connectivity index is 1.40. The van der Waals surface area contributed by atoms with Crippen LogP contribution >= 0.6 is 0 Å². The third-order valence-electron chi connectivity index (χ3n) is 7.06. The van der Waals surface area contributed by atoms with Gasteiger partial charge >= 0.3 is 0 Å². The van der Waals surface area contributed by atoms with Crippen LogP contribution in [0.15, 0.2) is 43.0 Å². The van der Waals surface area contributed by atoms with E-state index in [4.69, 9.17) is 4.74 Å². The monoisotopic (exact) mass is 441 g/mol. The van der Waals surface area contributed by atoms with Gasteiger partial charge in [-0.3, -0.25) is 14.4 Å². The van der Waals surface area contributed by atoms with Crippen LogP contribution in [-0.2, 0) is 21.5 Å². The summed E-state index contributed by atoms with van der Waals surface area (Å²) in [6.45, 7) is 4.51. The second-order valence-electron chi connectivity index (χ2n) is 9.05. The van der Waals surface area contributed by atoms with E-state index in [2.05, 4.69) is 44.6 Å². The predicted octanol–water partition coefficient (Wildman–Crippen LogP) is 1.75. The van der Waals surface area contributed by atoms with Gasteiger partial charge in [-0.15, -0.1) is 0 Å². The first-order chi connectivity index (χ1) is 15.7. The standard InChI is InChI=1S/C24H35N5O3/c30-22-9-11-24(20-5-2-1-3-6-20,10-8-21(22)28-13-15-32-16-14-28)17-26-23(31)7-4-12-29-19-25-18-27-29/h1-3,5-6,18-19,21-22,30H,4,7-17H2,(H,26,31)/t21-,22-,24-/m1/s1. The van der Waals surface area contributed by atoms with E-state index in [1.165, 1.54) is 11.9 Å². The van der Waals surface area contributed by atoms with Gasteiger partial charge in [-0.25, -0.2) is 4.98 Å². The Hall–Kier alpha value is -2.29. The predicted molar refractivity (Wildman–Crippen MR) is 121 cm³/mol. The number of aromatic nitrogens is 3. The van der Waals surface area contributed by atoms with Gasteiger partial charge in [-0.2, -0.15) is 5.10 Å². The van der Waals surface area contributed by atoms with Gasteiger partial charge in [0.25, 0.3) is 0 Å². The van der Waals surface area contributed by atoms with Crippen molar-refractivity contribution < 1.29 is 14.6 Å². The fraction of sp³-hybridized carbons (Fsp3) is 0.625. The molecule has 3 atom stereocenters. The van der Waals surface area contributed by atoms with E-state index >= 15 is 0 Å². The average molecular weight is 442 g/mol. The zero-order valence-corrected chi connectivity index (χ0v) is 18.7. The number of hydrogen-bond acceptors (Lipinski definition) is 6. The second kappa shape index (κ2) is 11.0. The highest BCUT2D eigenvalue weighted by Gasteiger charge is 2.40. The Morgan fingerprint density at radius 2 is 1.97 bits per heavy atom.